The van der Waals surface area contributed by atoms with Crippen molar-refractivity contribution in [2.24, 2.45) is 0 Å². The van der Waals surface area contributed by atoms with Gasteiger partial charge in [0.2, 0.25) is 5.82 Å². The van der Waals surface area contributed by atoms with Crippen molar-refractivity contribution in [1.29, 1.82) is 0 Å². The predicted molar refractivity (Wildman–Crippen MR) is 81.3 cm³/mol. The molecule has 1 aliphatic rings. The third kappa shape index (κ3) is 4.02. The van der Waals surface area contributed by atoms with Gasteiger partial charge in [-0.3, -0.25) is 0 Å². The normalized spacial score (nSPS) is 16.3. The maximum absolute atomic E-state index is 14.2. The number of alkyl halides is 3. The van der Waals surface area contributed by atoms with E-state index in [1.165, 1.54) is 16.4 Å². The smallest absolute Gasteiger partial charge is 0.329 e. The van der Waals surface area contributed by atoms with E-state index in [0.29, 0.717) is 13.1 Å². The molecular weight excluding hydrogens is 380 g/mol. The Balaban J connectivity index is 1.72. The van der Waals surface area contributed by atoms with Gasteiger partial charge in [-0.2, -0.15) is 35.6 Å². The van der Waals surface area contributed by atoms with E-state index in [9.17, 15) is 26.0 Å². The number of hydrogen-bond donors (Lipinski definition) is 1. The van der Waals surface area contributed by atoms with Crippen LogP contribution in [0.5, 0.6) is 0 Å². The highest BCUT2D eigenvalue weighted by atomic mass is 32.2. The van der Waals surface area contributed by atoms with Crippen LogP contribution in [0.1, 0.15) is 24.3 Å². The molecule has 1 saturated heterocycles. The van der Waals surface area contributed by atoms with E-state index in [1.807, 2.05) is 0 Å². The van der Waals surface area contributed by atoms with E-state index < -0.39 is 33.9 Å². The van der Waals surface area contributed by atoms with Crippen LogP contribution in [0.3, 0.4) is 0 Å². The number of aromatic nitrogens is 2. The summed E-state index contributed by atoms with van der Waals surface area (Å²) in [6, 6.07) is 3.46. The Morgan fingerprint density at radius 2 is 1.92 bits per heavy atom. The van der Waals surface area contributed by atoms with Crippen LogP contribution in [0.15, 0.2) is 22.7 Å². The number of rotatable bonds is 5. The molecule has 7 nitrogen and oxygen atoms in total. The molecule has 1 N–H and O–H groups in total. The number of nitrogens with zero attached hydrogens (tertiary/aromatic N) is 3. The molecule has 0 saturated carbocycles. The fraction of sp³-hybridized carbons (Fsp3) is 0.429. The Hall–Kier alpha value is -2.05. The van der Waals surface area contributed by atoms with Crippen molar-refractivity contribution >= 4 is 10.2 Å². The fourth-order valence-corrected chi connectivity index (χ4v) is 3.73. The van der Waals surface area contributed by atoms with Gasteiger partial charge in [0.05, 0.1) is 0 Å². The number of halogens is 4. The maximum atomic E-state index is 14.2. The quantitative estimate of drug-likeness (QED) is 0.787. The summed E-state index contributed by atoms with van der Waals surface area (Å²) in [6.07, 6.45) is -3.25. The molecular formula is C14H14F4N4O3S. The Morgan fingerprint density at radius 3 is 2.50 bits per heavy atom. The zero-order valence-electron chi connectivity index (χ0n) is 13.3. The van der Waals surface area contributed by atoms with Gasteiger partial charge in [0, 0.05) is 30.8 Å². The Morgan fingerprint density at radius 1 is 1.23 bits per heavy atom. The van der Waals surface area contributed by atoms with E-state index >= 15 is 0 Å². The average molecular weight is 394 g/mol. The van der Waals surface area contributed by atoms with Crippen molar-refractivity contribution in [2.75, 3.05) is 13.1 Å². The van der Waals surface area contributed by atoms with Crippen molar-refractivity contribution in [3.05, 3.63) is 35.5 Å². The first kappa shape index (κ1) is 18.7. The molecule has 142 valence electrons. The van der Waals surface area contributed by atoms with Crippen LogP contribution in [-0.4, -0.2) is 36.0 Å². The van der Waals surface area contributed by atoms with Crippen molar-refractivity contribution in [2.45, 2.75) is 25.6 Å². The second-order valence-electron chi connectivity index (χ2n) is 5.66. The van der Waals surface area contributed by atoms with Crippen LogP contribution in [-0.2, 0) is 22.9 Å². The lowest BCUT2D eigenvalue weighted by Gasteiger charge is -2.16. The third-order valence-electron chi connectivity index (χ3n) is 3.83. The molecule has 1 aliphatic heterocycles. The lowest BCUT2D eigenvalue weighted by molar-refractivity contribution is -0.159. The third-order valence-corrected chi connectivity index (χ3v) is 5.38. The van der Waals surface area contributed by atoms with E-state index in [-0.39, 0.29) is 17.7 Å². The molecule has 3 rings (SSSR count). The van der Waals surface area contributed by atoms with Crippen LogP contribution in [0.2, 0.25) is 0 Å². The molecule has 12 heteroatoms. The first-order valence-electron chi connectivity index (χ1n) is 7.61. The van der Waals surface area contributed by atoms with Gasteiger partial charge in [0.25, 0.3) is 10.2 Å². The summed E-state index contributed by atoms with van der Waals surface area (Å²) in [7, 11) is -3.70. The highest BCUT2D eigenvalue weighted by Crippen LogP contribution is 2.29. The minimum Gasteiger partial charge on any atom is -0.329 e. The van der Waals surface area contributed by atoms with Gasteiger partial charge in [-0.15, -0.1) is 0 Å². The average Bonchev–Trinajstić information content (AvgIpc) is 3.25. The van der Waals surface area contributed by atoms with Gasteiger partial charge in [-0.25, -0.2) is 4.39 Å². The maximum Gasteiger partial charge on any atom is 0.471 e. The van der Waals surface area contributed by atoms with Crippen LogP contribution in [0.4, 0.5) is 17.6 Å². The molecule has 0 aliphatic carbocycles. The fourth-order valence-electron chi connectivity index (χ4n) is 2.47. The molecule has 0 atom stereocenters. The Labute approximate surface area is 146 Å². The van der Waals surface area contributed by atoms with Crippen LogP contribution >= 0.6 is 0 Å². The molecule has 1 fully saturated rings. The summed E-state index contributed by atoms with van der Waals surface area (Å²) >= 11 is 0. The van der Waals surface area contributed by atoms with Gasteiger partial charge in [-0.1, -0.05) is 17.3 Å². The van der Waals surface area contributed by atoms with Crippen LogP contribution in [0, 0.1) is 5.82 Å². The summed E-state index contributed by atoms with van der Waals surface area (Å²) in [5, 5.41) is 3.17. The molecule has 0 amide bonds. The highest BCUT2D eigenvalue weighted by Gasteiger charge is 2.38. The lowest BCUT2D eigenvalue weighted by atomic mass is 10.1. The van der Waals surface area contributed by atoms with Crippen molar-refractivity contribution in [3.63, 3.8) is 0 Å². The minimum atomic E-state index is -4.79. The Bertz CT molecular complexity index is 892. The van der Waals surface area contributed by atoms with Gasteiger partial charge in [0.15, 0.2) is 0 Å². The SMILES string of the molecule is O=S(=O)(NCc1ccc(-c2noc(C(F)(F)F)n2)cc1F)N1CCCC1. The monoisotopic (exact) mass is 394 g/mol. The zero-order chi connectivity index (χ0) is 18.9. The molecule has 0 unspecified atom stereocenters. The van der Waals surface area contributed by atoms with Gasteiger partial charge < -0.3 is 4.52 Å². The van der Waals surface area contributed by atoms with E-state index in [2.05, 4.69) is 19.4 Å². The van der Waals surface area contributed by atoms with E-state index in [0.717, 1.165) is 18.9 Å². The Kier molecular flexibility index (Phi) is 4.99. The van der Waals surface area contributed by atoms with Gasteiger partial charge in [-0.05, 0) is 18.9 Å². The summed E-state index contributed by atoms with van der Waals surface area (Å²) < 4.78 is 83.3. The molecule has 1 aromatic heterocycles. The van der Waals surface area contributed by atoms with Gasteiger partial charge >= 0.3 is 12.1 Å². The largest absolute Gasteiger partial charge is 0.471 e. The first-order valence-corrected chi connectivity index (χ1v) is 9.05. The minimum absolute atomic E-state index is 0.0205. The summed E-state index contributed by atoms with van der Waals surface area (Å²) in [5.74, 6) is -2.75. The second kappa shape index (κ2) is 6.93. The molecule has 0 spiro atoms. The zero-order valence-corrected chi connectivity index (χ0v) is 14.1. The highest BCUT2D eigenvalue weighted by molar-refractivity contribution is 7.87. The van der Waals surface area contributed by atoms with Crippen LogP contribution < -0.4 is 4.72 Å². The van der Waals surface area contributed by atoms with Crippen molar-refractivity contribution in [1.82, 2.24) is 19.2 Å². The number of benzene rings is 1. The van der Waals surface area contributed by atoms with Crippen molar-refractivity contribution < 1.29 is 30.5 Å². The molecule has 0 radical (unpaired) electrons. The van der Waals surface area contributed by atoms with Crippen molar-refractivity contribution in [3.8, 4) is 11.4 Å². The standard InChI is InChI=1S/C14H14F4N4O3S/c15-11-7-9(12-20-13(25-21-12)14(16,17)18)3-4-10(11)8-19-26(23,24)22-5-1-2-6-22/h3-4,7,19H,1-2,5-6,8H2. The molecule has 2 heterocycles. The molecule has 1 aromatic carbocycles. The topological polar surface area (TPSA) is 88.3 Å². The van der Waals surface area contributed by atoms with Crippen LogP contribution in [0.25, 0.3) is 11.4 Å². The second-order valence-corrected chi connectivity index (χ2v) is 7.41. The summed E-state index contributed by atoms with van der Waals surface area (Å²) in [5.41, 5.74) is 0.0176. The summed E-state index contributed by atoms with van der Waals surface area (Å²) in [6.45, 7) is 0.539. The molecule has 0 bridgehead atoms. The van der Waals surface area contributed by atoms with E-state index in [4.69, 9.17) is 0 Å². The molecule has 2 aromatic rings. The number of hydrogen-bond acceptors (Lipinski definition) is 5. The van der Waals surface area contributed by atoms with Gasteiger partial charge in [0.1, 0.15) is 5.82 Å². The first-order chi connectivity index (χ1) is 12.2. The predicted octanol–water partition coefficient (Wildman–Crippen LogP) is 2.32. The summed E-state index contributed by atoms with van der Waals surface area (Å²) in [4.78, 5) is 3.17. The van der Waals surface area contributed by atoms with E-state index in [1.54, 1.807) is 0 Å². The number of nitrogens with one attached hydrogen (secondary N) is 1. The lowest BCUT2D eigenvalue weighted by Crippen LogP contribution is -2.38. The molecule has 26 heavy (non-hydrogen) atoms.